The monoisotopic (exact) mass is 329 g/mol. The Morgan fingerprint density at radius 1 is 1.30 bits per heavy atom. The number of nitrogens with one attached hydrogen (secondary N) is 1. The number of fused-ring (bicyclic) bond motifs is 1. The third-order valence-corrected chi connectivity index (χ3v) is 4.09. The Morgan fingerprint density at radius 2 is 2.09 bits per heavy atom. The molecule has 1 amide bonds. The summed E-state index contributed by atoms with van der Waals surface area (Å²) in [5.74, 6) is -0.0850. The van der Waals surface area contributed by atoms with Gasteiger partial charge in [0.1, 0.15) is 6.33 Å². The van der Waals surface area contributed by atoms with Gasteiger partial charge in [0.25, 0.3) is 0 Å². The predicted molar refractivity (Wildman–Crippen MR) is 88.7 cm³/mol. The van der Waals surface area contributed by atoms with E-state index in [9.17, 15) is 4.79 Å². The second-order valence-electron chi connectivity index (χ2n) is 5.32. The Kier molecular flexibility index (Phi) is 4.25. The van der Waals surface area contributed by atoms with Gasteiger partial charge < -0.3 is 5.32 Å². The maximum Gasteiger partial charge on any atom is 0.224 e. The molecule has 1 N–H and O–H groups in total. The zero-order valence-electron chi connectivity index (χ0n) is 12.9. The highest BCUT2D eigenvalue weighted by atomic mass is 35.5. The van der Waals surface area contributed by atoms with Gasteiger partial charge in [-0.1, -0.05) is 23.7 Å². The summed E-state index contributed by atoms with van der Waals surface area (Å²) < 4.78 is 1.65. The van der Waals surface area contributed by atoms with Crippen LogP contribution < -0.4 is 5.32 Å². The molecule has 0 fully saturated rings. The second kappa shape index (κ2) is 6.34. The van der Waals surface area contributed by atoms with Gasteiger partial charge in [-0.05, 0) is 38.0 Å². The summed E-state index contributed by atoms with van der Waals surface area (Å²) in [6, 6.07) is 7.18. The molecule has 6 nitrogen and oxygen atoms in total. The molecular formula is C16H16ClN5O. The number of halogens is 1. The van der Waals surface area contributed by atoms with Gasteiger partial charge in [0, 0.05) is 12.0 Å². The van der Waals surface area contributed by atoms with Crippen molar-refractivity contribution in [2.24, 2.45) is 0 Å². The van der Waals surface area contributed by atoms with Crippen molar-refractivity contribution in [2.45, 2.75) is 26.7 Å². The van der Waals surface area contributed by atoms with Crippen molar-refractivity contribution < 1.29 is 4.79 Å². The molecule has 3 aromatic rings. The number of amides is 1. The minimum atomic E-state index is -0.0850. The van der Waals surface area contributed by atoms with Gasteiger partial charge in [0.05, 0.1) is 16.4 Å². The number of rotatable bonds is 4. The fourth-order valence-corrected chi connectivity index (χ4v) is 2.74. The summed E-state index contributed by atoms with van der Waals surface area (Å²) in [5.41, 5.74) is 4.25. The first-order valence-corrected chi connectivity index (χ1v) is 7.64. The molecule has 23 heavy (non-hydrogen) atoms. The van der Waals surface area contributed by atoms with E-state index in [1.165, 1.54) is 0 Å². The molecule has 0 aliphatic heterocycles. The molecule has 3 rings (SSSR count). The largest absolute Gasteiger partial charge is 0.325 e. The average Bonchev–Trinajstić information content (AvgIpc) is 2.98. The van der Waals surface area contributed by atoms with E-state index < -0.39 is 0 Å². The molecule has 118 valence electrons. The van der Waals surface area contributed by atoms with Crippen molar-refractivity contribution in [1.82, 2.24) is 19.8 Å². The second-order valence-corrected chi connectivity index (χ2v) is 5.72. The van der Waals surface area contributed by atoms with E-state index in [4.69, 9.17) is 11.6 Å². The van der Waals surface area contributed by atoms with Gasteiger partial charge in [0.2, 0.25) is 5.91 Å². The first kappa shape index (κ1) is 15.4. The Balaban J connectivity index is 1.73. The molecule has 0 aliphatic rings. The number of aromatic nitrogens is 4. The topological polar surface area (TPSA) is 72.2 Å². The highest BCUT2D eigenvalue weighted by Crippen LogP contribution is 2.21. The Morgan fingerprint density at radius 3 is 2.87 bits per heavy atom. The fourth-order valence-electron chi connectivity index (χ4n) is 2.56. The minimum absolute atomic E-state index is 0.0850. The number of nitrogens with zero attached hydrogens (tertiary/aromatic N) is 4. The number of carbonyl (C=O) groups is 1. The molecule has 2 aromatic heterocycles. The van der Waals surface area contributed by atoms with Crippen LogP contribution in [0.1, 0.15) is 23.2 Å². The van der Waals surface area contributed by atoms with Crippen LogP contribution in [0.4, 0.5) is 5.69 Å². The van der Waals surface area contributed by atoms with Crippen molar-refractivity contribution in [2.75, 3.05) is 5.32 Å². The van der Waals surface area contributed by atoms with Crippen LogP contribution in [-0.4, -0.2) is 25.7 Å². The van der Waals surface area contributed by atoms with Crippen LogP contribution in [0.25, 0.3) is 5.65 Å². The quantitative estimate of drug-likeness (QED) is 0.798. The third-order valence-electron chi connectivity index (χ3n) is 3.76. The SMILES string of the molecule is Cc1nn2cnnc2c(C)c1CCC(=O)Nc1ccccc1Cl. The lowest BCUT2D eigenvalue weighted by Gasteiger charge is -2.10. The van der Waals surface area contributed by atoms with Crippen molar-refractivity contribution in [1.29, 1.82) is 0 Å². The summed E-state index contributed by atoms with van der Waals surface area (Å²) in [4.78, 5) is 12.2. The van der Waals surface area contributed by atoms with Crippen LogP contribution in [0.5, 0.6) is 0 Å². The predicted octanol–water partition coefficient (Wildman–Crippen LogP) is 2.97. The van der Waals surface area contributed by atoms with Gasteiger partial charge >= 0.3 is 0 Å². The number of hydrogen-bond acceptors (Lipinski definition) is 4. The molecule has 0 atom stereocenters. The van der Waals surface area contributed by atoms with E-state index in [0.29, 0.717) is 23.6 Å². The highest BCUT2D eigenvalue weighted by molar-refractivity contribution is 6.33. The summed E-state index contributed by atoms with van der Waals surface area (Å²) in [6.07, 6.45) is 2.51. The first-order chi connectivity index (χ1) is 11.1. The van der Waals surface area contributed by atoms with E-state index in [1.807, 2.05) is 26.0 Å². The summed E-state index contributed by atoms with van der Waals surface area (Å²) >= 11 is 6.05. The van der Waals surface area contributed by atoms with Gasteiger partial charge in [-0.2, -0.15) is 5.10 Å². The van der Waals surface area contributed by atoms with Crippen molar-refractivity contribution in [3.8, 4) is 0 Å². The van der Waals surface area contributed by atoms with Crippen molar-refractivity contribution >= 4 is 28.8 Å². The van der Waals surface area contributed by atoms with E-state index in [1.54, 1.807) is 23.0 Å². The standard InChI is InChI=1S/C16H16ClN5O/c1-10-12(11(2)21-22-9-18-20-16(10)22)7-8-15(23)19-14-6-4-3-5-13(14)17/h3-6,9H,7-8H2,1-2H3,(H,19,23). The zero-order chi connectivity index (χ0) is 16.4. The number of carbonyl (C=O) groups excluding carboxylic acids is 1. The first-order valence-electron chi connectivity index (χ1n) is 7.26. The van der Waals surface area contributed by atoms with Gasteiger partial charge in [-0.25, -0.2) is 4.52 Å². The molecule has 0 saturated heterocycles. The summed E-state index contributed by atoms with van der Waals surface area (Å²) in [7, 11) is 0. The van der Waals surface area contributed by atoms with Crippen LogP contribution in [0, 0.1) is 13.8 Å². The van der Waals surface area contributed by atoms with E-state index in [2.05, 4.69) is 20.6 Å². The minimum Gasteiger partial charge on any atom is -0.325 e. The smallest absolute Gasteiger partial charge is 0.224 e. The molecular weight excluding hydrogens is 314 g/mol. The lowest BCUT2D eigenvalue weighted by molar-refractivity contribution is -0.116. The van der Waals surface area contributed by atoms with Gasteiger partial charge in [-0.15, -0.1) is 10.2 Å². The molecule has 0 aliphatic carbocycles. The molecule has 0 unspecified atom stereocenters. The van der Waals surface area contributed by atoms with E-state index >= 15 is 0 Å². The number of para-hydroxylation sites is 1. The van der Waals surface area contributed by atoms with E-state index in [-0.39, 0.29) is 5.91 Å². The third kappa shape index (κ3) is 3.17. The van der Waals surface area contributed by atoms with Crippen molar-refractivity contribution in [3.05, 3.63) is 52.4 Å². The Bertz CT molecular complexity index is 874. The van der Waals surface area contributed by atoms with Crippen LogP contribution in [-0.2, 0) is 11.2 Å². The number of aryl methyl sites for hydroxylation is 2. The molecule has 2 heterocycles. The lowest BCUT2D eigenvalue weighted by atomic mass is 10.0. The van der Waals surface area contributed by atoms with Gasteiger partial charge in [-0.3, -0.25) is 4.79 Å². The zero-order valence-corrected chi connectivity index (χ0v) is 13.6. The molecule has 0 spiro atoms. The average molecular weight is 330 g/mol. The maximum absolute atomic E-state index is 12.2. The van der Waals surface area contributed by atoms with Crippen LogP contribution >= 0.6 is 11.6 Å². The Labute approximate surface area is 138 Å². The maximum atomic E-state index is 12.2. The lowest BCUT2D eigenvalue weighted by Crippen LogP contribution is -2.14. The number of anilines is 1. The normalized spacial score (nSPS) is 10.9. The van der Waals surface area contributed by atoms with Crippen molar-refractivity contribution in [3.63, 3.8) is 0 Å². The Hall–Kier alpha value is -2.47. The molecule has 7 heteroatoms. The highest BCUT2D eigenvalue weighted by Gasteiger charge is 2.13. The molecule has 0 radical (unpaired) electrons. The molecule has 0 bridgehead atoms. The van der Waals surface area contributed by atoms with Crippen LogP contribution in [0.3, 0.4) is 0 Å². The molecule has 0 saturated carbocycles. The number of benzene rings is 1. The van der Waals surface area contributed by atoms with Gasteiger partial charge in [0.15, 0.2) is 5.65 Å². The molecule has 1 aromatic carbocycles. The number of hydrogen-bond donors (Lipinski definition) is 1. The van der Waals surface area contributed by atoms with Crippen LogP contribution in [0.2, 0.25) is 5.02 Å². The fraction of sp³-hybridized carbons (Fsp3) is 0.250. The summed E-state index contributed by atoms with van der Waals surface area (Å²) in [5, 5.41) is 15.7. The van der Waals surface area contributed by atoms with E-state index in [0.717, 1.165) is 22.5 Å². The summed E-state index contributed by atoms with van der Waals surface area (Å²) in [6.45, 7) is 3.90. The van der Waals surface area contributed by atoms with Crippen LogP contribution in [0.15, 0.2) is 30.6 Å².